The minimum atomic E-state index is -1.22. The molecule has 0 radical (unpaired) electrons. The van der Waals surface area contributed by atoms with Crippen LogP contribution < -0.4 is 23.8 Å². The van der Waals surface area contributed by atoms with E-state index in [1.54, 1.807) is 28.7 Å². The zero-order valence-corrected chi connectivity index (χ0v) is 36.0. The van der Waals surface area contributed by atoms with Gasteiger partial charge in [-0.15, -0.1) is 22.7 Å². The van der Waals surface area contributed by atoms with E-state index in [0.717, 1.165) is 96.4 Å². The van der Waals surface area contributed by atoms with Crippen LogP contribution >= 0.6 is 22.7 Å². The summed E-state index contributed by atoms with van der Waals surface area (Å²) in [5.74, 6) is 2.40. The first-order valence-corrected chi connectivity index (χ1v) is 23.1. The number of carboxylic acid groups (broad SMARTS) is 1. The van der Waals surface area contributed by atoms with Gasteiger partial charge >= 0.3 is 5.97 Å². The number of allylic oxidation sites excluding steroid dienone is 2. The second kappa shape index (κ2) is 19.3. The highest BCUT2D eigenvalue weighted by Crippen LogP contribution is 2.60. The van der Waals surface area contributed by atoms with Gasteiger partial charge in [-0.2, -0.15) is 5.26 Å². The summed E-state index contributed by atoms with van der Waals surface area (Å²) in [6.07, 6.45) is 17.4. The molecule has 8 nitrogen and oxygen atoms in total. The van der Waals surface area contributed by atoms with Gasteiger partial charge in [0.25, 0.3) is 0 Å². The number of nitrogens with zero attached hydrogens (tertiary/aromatic N) is 2. The molecule has 310 valence electrons. The van der Waals surface area contributed by atoms with Crippen LogP contribution in [-0.2, 0) is 4.79 Å². The van der Waals surface area contributed by atoms with E-state index >= 15 is 0 Å². The summed E-state index contributed by atoms with van der Waals surface area (Å²) < 4.78 is 25.0. The molecule has 1 N–H and O–H groups in total. The van der Waals surface area contributed by atoms with Crippen molar-refractivity contribution in [1.29, 1.82) is 5.26 Å². The summed E-state index contributed by atoms with van der Waals surface area (Å²) in [6, 6.07) is 27.1. The van der Waals surface area contributed by atoms with E-state index in [4.69, 9.17) is 18.9 Å². The number of carboxylic acids is 1. The maximum Gasteiger partial charge on any atom is 0.346 e. The summed E-state index contributed by atoms with van der Waals surface area (Å²) in [5, 5.41) is 19.4. The lowest BCUT2D eigenvalue weighted by Crippen LogP contribution is -2.17. The van der Waals surface area contributed by atoms with Gasteiger partial charge in [0.15, 0.2) is 11.5 Å². The molecule has 0 amide bonds. The fourth-order valence-corrected chi connectivity index (χ4v) is 11.1. The minimum Gasteiger partial charge on any atom is -0.494 e. The maximum absolute atomic E-state index is 11.9. The van der Waals surface area contributed by atoms with Crippen molar-refractivity contribution < 1.29 is 28.8 Å². The predicted molar refractivity (Wildman–Crippen MR) is 243 cm³/mol. The second-order valence-electron chi connectivity index (χ2n) is 15.6. The molecule has 2 atom stereocenters. The Morgan fingerprint density at radius 3 is 1.73 bits per heavy atom. The first-order chi connectivity index (χ1) is 29.5. The van der Waals surface area contributed by atoms with Gasteiger partial charge < -0.3 is 29.0 Å². The Hall–Kier alpha value is -5.50. The van der Waals surface area contributed by atoms with Crippen molar-refractivity contribution >= 4 is 51.8 Å². The molecule has 3 heterocycles. The SMILES string of the molecule is CCCCCCOc1ccc(N(c2ccc(OCCCCCC)cc2)c2ccc(-c3sc(-c4sc(/C=C(\C#N)C(=O)O)c5c4C4C=CC5CC4)c4c3OCCO4)cc2)cc1. The predicted octanol–water partition coefficient (Wildman–Crippen LogP) is 13.8. The van der Waals surface area contributed by atoms with E-state index in [-0.39, 0.29) is 17.4 Å². The first kappa shape index (κ1) is 41.2. The van der Waals surface area contributed by atoms with E-state index < -0.39 is 5.97 Å². The fourth-order valence-electron chi connectivity index (χ4n) is 8.40. The molecule has 4 aliphatic rings. The second-order valence-corrected chi connectivity index (χ2v) is 17.6. The molecule has 0 saturated carbocycles. The molecule has 9 rings (SSSR count). The quantitative estimate of drug-likeness (QED) is 0.0380. The number of anilines is 3. The van der Waals surface area contributed by atoms with Crippen LogP contribution in [0.5, 0.6) is 23.0 Å². The zero-order valence-electron chi connectivity index (χ0n) is 34.4. The van der Waals surface area contributed by atoms with Crippen molar-refractivity contribution in [2.75, 3.05) is 31.3 Å². The average Bonchev–Trinajstić information content (AvgIpc) is 3.87. The van der Waals surface area contributed by atoms with E-state index in [1.807, 2.05) is 6.07 Å². The van der Waals surface area contributed by atoms with Crippen LogP contribution in [0, 0.1) is 11.3 Å². The van der Waals surface area contributed by atoms with Crippen LogP contribution in [0.1, 0.15) is 106 Å². The highest BCUT2D eigenvalue weighted by atomic mass is 32.1. The van der Waals surface area contributed by atoms with Crippen LogP contribution in [0.25, 0.3) is 26.3 Å². The third-order valence-electron chi connectivity index (χ3n) is 11.5. The van der Waals surface area contributed by atoms with Crippen LogP contribution in [0.4, 0.5) is 17.1 Å². The number of fused-ring (bicyclic) bond motifs is 2. The molecule has 60 heavy (non-hydrogen) atoms. The van der Waals surface area contributed by atoms with Crippen molar-refractivity contribution in [2.45, 2.75) is 89.9 Å². The highest BCUT2D eigenvalue weighted by Gasteiger charge is 2.38. The molecule has 1 aliphatic heterocycles. The number of hydrogen-bond acceptors (Lipinski definition) is 9. The smallest absolute Gasteiger partial charge is 0.346 e. The highest BCUT2D eigenvalue weighted by molar-refractivity contribution is 7.25. The molecule has 2 unspecified atom stereocenters. The van der Waals surface area contributed by atoms with Gasteiger partial charge in [0.1, 0.15) is 36.4 Å². The summed E-state index contributed by atoms with van der Waals surface area (Å²) in [4.78, 5) is 18.0. The Morgan fingerprint density at radius 1 is 0.717 bits per heavy atom. The molecule has 3 aliphatic carbocycles. The van der Waals surface area contributed by atoms with Crippen molar-refractivity contribution in [3.05, 3.63) is 107 Å². The number of rotatable bonds is 19. The number of thiophene rings is 2. The molecule has 5 aromatic rings. The standard InChI is InChI=1S/C50H52N2O6S2/c1-3-5-7-9-27-55-40-23-19-38(20-24-40)52(39-21-25-41(26-22-39)56-28-10-8-6-4-2)37-17-15-35(16-18-37)47-45-46(58-30-29-57-45)49(60-47)48-44-34-13-11-33(12-14-34)43(44)42(59-48)31-36(32-51)50(53)54/h11,13,15-26,31,33-34H,3-10,12,14,27-30H2,1-2H3,(H,53,54)/b36-31+. The summed E-state index contributed by atoms with van der Waals surface area (Å²) >= 11 is 3.21. The third-order valence-corrected chi connectivity index (χ3v) is 14.0. The molecule has 0 fully saturated rings. The third kappa shape index (κ3) is 8.84. The summed E-state index contributed by atoms with van der Waals surface area (Å²) in [5.41, 5.74) is 6.15. The lowest BCUT2D eigenvalue weighted by Gasteiger charge is -2.32. The summed E-state index contributed by atoms with van der Waals surface area (Å²) in [6.45, 7) is 6.76. The van der Waals surface area contributed by atoms with Crippen LogP contribution in [0.15, 0.2) is 90.5 Å². The van der Waals surface area contributed by atoms with Gasteiger partial charge in [0.2, 0.25) is 0 Å². The number of hydrogen-bond donors (Lipinski definition) is 1. The van der Waals surface area contributed by atoms with E-state index in [1.165, 1.54) is 44.1 Å². The van der Waals surface area contributed by atoms with Crippen LogP contribution in [0.3, 0.4) is 0 Å². The molecule has 3 aromatic carbocycles. The van der Waals surface area contributed by atoms with Gasteiger partial charge in [-0.3, -0.25) is 0 Å². The van der Waals surface area contributed by atoms with E-state index in [0.29, 0.717) is 26.4 Å². The molecule has 0 saturated heterocycles. The Kier molecular flexibility index (Phi) is 13.2. The Morgan fingerprint density at radius 2 is 1.23 bits per heavy atom. The number of ether oxygens (including phenoxy) is 4. The lowest BCUT2D eigenvalue weighted by atomic mass is 9.71. The van der Waals surface area contributed by atoms with Gasteiger partial charge in [0, 0.05) is 33.8 Å². The fraction of sp³-hybridized carbons (Fsp3) is 0.360. The number of benzene rings is 3. The zero-order chi connectivity index (χ0) is 41.4. The Bertz CT molecular complexity index is 2310. The van der Waals surface area contributed by atoms with Gasteiger partial charge in [-0.25, -0.2) is 4.79 Å². The summed E-state index contributed by atoms with van der Waals surface area (Å²) in [7, 11) is 0. The first-order valence-electron chi connectivity index (χ1n) is 21.5. The van der Waals surface area contributed by atoms with E-state index in [9.17, 15) is 15.2 Å². The molecular formula is C50H52N2O6S2. The molecular weight excluding hydrogens is 789 g/mol. The number of aliphatic carboxylic acids is 1. The minimum absolute atomic E-state index is 0.191. The molecule has 0 spiro atoms. The van der Waals surface area contributed by atoms with Crippen molar-refractivity contribution in [1.82, 2.24) is 0 Å². The Balaban J connectivity index is 1.12. The monoisotopic (exact) mass is 840 g/mol. The van der Waals surface area contributed by atoms with Crippen molar-refractivity contribution in [3.8, 4) is 49.3 Å². The average molecular weight is 841 g/mol. The number of nitriles is 1. The number of carbonyl (C=O) groups is 1. The maximum atomic E-state index is 11.9. The van der Waals surface area contributed by atoms with Crippen LogP contribution in [0.2, 0.25) is 0 Å². The molecule has 2 bridgehead atoms. The lowest BCUT2D eigenvalue weighted by molar-refractivity contribution is -0.132. The topological polar surface area (TPSA) is 101 Å². The molecule has 2 aromatic heterocycles. The van der Waals surface area contributed by atoms with Gasteiger partial charge in [0.05, 0.1) is 27.8 Å². The molecule has 10 heteroatoms. The van der Waals surface area contributed by atoms with Crippen molar-refractivity contribution in [2.24, 2.45) is 0 Å². The van der Waals surface area contributed by atoms with Gasteiger partial charge in [-0.1, -0.05) is 76.7 Å². The van der Waals surface area contributed by atoms with Crippen molar-refractivity contribution in [3.63, 3.8) is 0 Å². The number of unbranched alkanes of at least 4 members (excludes halogenated alkanes) is 6. The van der Waals surface area contributed by atoms with Gasteiger partial charge in [-0.05, 0) is 109 Å². The van der Waals surface area contributed by atoms with E-state index in [2.05, 4.69) is 104 Å². The van der Waals surface area contributed by atoms with Crippen LogP contribution in [-0.4, -0.2) is 37.5 Å². The Labute approximate surface area is 361 Å². The largest absolute Gasteiger partial charge is 0.494 e. The normalized spacial score (nSPS) is 16.3.